The first-order valence-corrected chi connectivity index (χ1v) is 10.4. The Kier molecular flexibility index (Phi) is 6.48. The van der Waals surface area contributed by atoms with E-state index in [0.29, 0.717) is 19.5 Å². The number of carboxylic acid groups (broad SMARTS) is 1. The topological polar surface area (TPSA) is 105 Å². The van der Waals surface area contributed by atoms with Crippen molar-refractivity contribution in [3.05, 3.63) is 53.1 Å². The predicted octanol–water partition coefficient (Wildman–Crippen LogP) is 2.09. The normalized spacial score (nSPS) is 16.0. The molecule has 0 bridgehead atoms. The van der Waals surface area contributed by atoms with E-state index in [1.165, 1.54) is 17.4 Å². The van der Waals surface area contributed by atoms with Crippen LogP contribution in [0.25, 0.3) is 0 Å². The molecule has 1 aliphatic heterocycles. The first kappa shape index (κ1) is 22.5. The summed E-state index contributed by atoms with van der Waals surface area (Å²) in [6.45, 7) is 8.93. The van der Waals surface area contributed by atoms with Gasteiger partial charge >= 0.3 is 5.97 Å². The van der Waals surface area contributed by atoms with Gasteiger partial charge in [0.1, 0.15) is 6.04 Å². The number of rotatable bonds is 6. The highest BCUT2D eigenvalue weighted by Gasteiger charge is 2.35. The van der Waals surface area contributed by atoms with Crippen molar-refractivity contribution >= 4 is 17.8 Å². The lowest BCUT2D eigenvalue weighted by Gasteiger charge is -2.34. The van der Waals surface area contributed by atoms with Crippen molar-refractivity contribution in [3.8, 4) is 0 Å². The summed E-state index contributed by atoms with van der Waals surface area (Å²) in [5, 5.41) is 11.4. The van der Waals surface area contributed by atoms with Gasteiger partial charge in [0, 0.05) is 26.4 Å². The number of aromatic nitrogens is 2. The van der Waals surface area contributed by atoms with Gasteiger partial charge in [-0.2, -0.15) is 0 Å². The van der Waals surface area contributed by atoms with Crippen molar-refractivity contribution in [2.45, 2.75) is 65.1 Å². The number of fused-ring (bicyclic) bond motifs is 1. The predicted molar refractivity (Wildman–Crippen MR) is 115 cm³/mol. The Bertz CT molecular complexity index is 972. The standard InChI is InChI=1S/C23H30N4O4/c1-15(28)27-13-20-18(11-19(27)22(31)24-10-9-21(29)30)25-14-26(20)12-16-5-7-17(8-6-16)23(2,3)4/h5-8,14,19H,9-13H2,1-4H3,(H,24,31)(H,29,30). The maximum atomic E-state index is 12.6. The molecule has 0 fully saturated rings. The van der Waals surface area contributed by atoms with Crippen molar-refractivity contribution in [2.75, 3.05) is 6.54 Å². The molecule has 0 saturated carbocycles. The molecule has 2 aromatic rings. The van der Waals surface area contributed by atoms with E-state index in [-0.39, 0.29) is 30.2 Å². The molecule has 0 spiro atoms. The Morgan fingerprint density at radius 3 is 2.45 bits per heavy atom. The van der Waals surface area contributed by atoms with E-state index in [4.69, 9.17) is 5.11 Å². The lowest BCUT2D eigenvalue weighted by molar-refractivity contribution is -0.141. The van der Waals surface area contributed by atoms with E-state index < -0.39 is 12.0 Å². The van der Waals surface area contributed by atoms with Crippen LogP contribution < -0.4 is 5.32 Å². The van der Waals surface area contributed by atoms with Gasteiger partial charge in [-0.05, 0) is 16.5 Å². The van der Waals surface area contributed by atoms with Gasteiger partial charge < -0.3 is 19.9 Å². The van der Waals surface area contributed by atoms with E-state index >= 15 is 0 Å². The number of amides is 2. The summed E-state index contributed by atoms with van der Waals surface area (Å²) >= 11 is 0. The number of hydrogen-bond donors (Lipinski definition) is 2. The monoisotopic (exact) mass is 426 g/mol. The molecule has 0 aliphatic carbocycles. The van der Waals surface area contributed by atoms with E-state index in [1.807, 2.05) is 4.57 Å². The van der Waals surface area contributed by atoms with Gasteiger partial charge in [0.05, 0.1) is 30.7 Å². The van der Waals surface area contributed by atoms with Gasteiger partial charge in [0.15, 0.2) is 0 Å². The molecule has 1 aliphatic rings. The first-order valence-electron chi connectivity index (χ1n) is 10.4. The van der Waals surface area contributed by atoms with Crippen molar-refractivity contribution < 1.29 is 19.5 Å². The fourth-order valence-corrected chi connectivity index (χ4v) is 3.79. The van der Waals surface area contributed by atoms with Gasteiger partial charge in [-0.3, -0.25) is 14.4 Å². The molecule has 8 nitrogen and oxygen atoms in total. The van der Waals surface area contributed by atoms with Gasteiger partial charge in [0.25, 0.3) is 0 Å². The largest absolute Gasteiger partial charge is 0.481 e. The molecular formula is C23H30N4O4. The van der Waals surface area contributed by atoms with E-state index in [1.54, 1.807) is 6.33 Å². The van der Waals surface area contributed by atoms with Crippen molar-refractivity contribution in [3.63, 3.8) is 0 Å². The van der Waals surface area contributed by atoms with Gasteiger partial charge in [0.2, 0.25) is 11.8 Å². The number of hydrogen-bond acceptors (Lipinski definition) is 4. The molecule has 2 heterocycles. The lowest BCUT2D eigenvalue weighted by atomic mass is 9.87. The fourth-order valence-electron chi connectivity index (χ4n) is 3.79. The Hall–Kier alpha value is -3.16. The summed E-state index contributed by atoms with van der Waals surface area (Å²) < 4.78 is 2.02. The van der Waals surface area contributed by atoms with Crippen LogP contribution in [0.1, 0.15) is 56.6 Å². The number of aliphatic carboxylic acids is 1. The molecule has 1 unspecified atom stereocenters. The Balaban J connectivity index is 1.76. The van der Waals surface area contributed by atoms with Gasteiger partial charge in [-0.1, -0.05) is 45.0 Å². The number of benzene rings is 1. The summed E-state index contributed by atoms with van der Waals surface area (Å²) in [5.41, 5.74) is 4.21. The SMILES string of the molecule is CC(=O)N1Cc2c(ncn2Cc2ccc(C(C)(C)C)cc2)CC1C(=O)NCCC(=O)O. The average molecular weight is 427 g/mol. The number of carbonyl (C=O) groups excluding carboxylic acids is 2. The molecule has 1 atom stereocenters. The highest BCUT2D eigenvalue weighted by atomic mass is 16.4. The van der Waals surface area contributed by atoms with Crippen LogP contribution in [0.4, 0.5) is 0 Å². The third-order valence-electron chi connectivity index (χ3n) is 5.63. The zero-order valence-corrected chi connectivity index (χ0v) is 18.5. The molecule has 0 radical (unpaired) electrons. The minimum atomic E-state index is -0.982. The molecule has 1 aromatic heterocycles. The molecule has 8 heteroatoms. The second-order valence-corrected chi connectivity index (χ2v) is 9.01. The molecule has 2 amide bonds. The third-order valence-corrected chi connectivity index (χ3v) is 5.63. The fraction of sp³-hybridized carbons (Fsp3) is 0.478. The van der Waals surface area contributed by atoms with Gasteiger partial charge in [-0.15, -0.1) is 0 Å². The summed E-state index contributed by atoms with van der Waals surface area (Å²) in [6, 6.07) is 7.80. The zero-order chi connectivity index (χ0) is 22.8. The van der Waals surface area contributed by atoms with Gasteiger partial charge in [-0.25, -0.2) is 4.98 Å². The molecule has 2 N–H and O–H groups in total. The van der Waals surface area contributed by atoms with Crippen LogP contribution in [0, 0.1) is 0 Å². The second kappa shape index (κ2) is 8.91. The highest BCUT2D eigenvalue weighted by molar-refractivity contribution is 5.87. The lowest BCUT2D eigenvalue weighted by Crippen LogP contribution is -2.52. The first-order chi connectivity index (χ1) is 14.6. The third kappa shape index (κ3) is 5.31. The quantitative estimate of drug-likeness (QED) is 0.736. The van der Waals surface area contributed by atoms with Crippen molar-refractivity contribution in [2.24, 2.45) is 0 Å². The minimum absolute atomic E-state index is 0.0300. The number of nitrogens with zero attached hydrogens (tertiary/aromatic N) is 3. The number of nitrogens with one attached hydrogen (secondary N) is 1. The smallest absolute Gasteiger partial charge is 0.305 e. The van der Waals surface area contributed by atoms with E-state index in [9.17, 15) is 14.4 Å². The van der Waals surface area contributed by atoms with Crippen molar-refractivity contribution in [1.29, 1.82) is 0 Å². The molecule has 166 valence electrons. The average Bonchev–Trinajstić information content (AvgIpc) is 3.08. The summed E-state index contributed by atoms with van der Waals surface area (Å²) in [6.07, 6.45) is 1.90. The molecule has 3 rings (SSSR count). The van der Waals surface area contributed by atoms with Crippen LogP contribution in [0.3, 0.4) is 0 Å². The van der Waals surface area contributed by atoms with Crippen LogP contribution >= 0.6 is 0 Å². The number of carbonyl (C=O) groups is 3. The number of carboxylic acids is 1. The second-order valence-electron chi connectivity index (χ2n) is 9.01. The summed E-state index contributed by atoms with van der Waals surface area (Å²) in [5.74, 6) is -1.54. The zero-order valence-electron chi connectivity index (χ0n) is 18.5. The molecule has 1 aromatic carbocycles. The van der Waals surface area contributed by atoms with E-state index in [0.717, 1.165) is 17.0 Å². The van der Waals surface area contributed by atoms with Crippen LogP contribution in [-0.4, -0.2) is 49.9 Å². The molecule has 0 saturated heterocycles. The Morgan fingerprint density at radius 1 is 1.19 bits per heavy atom. The summed E-state index contributed by atoms with van der Waals surface area (Å²) in [4.78, 5) is 41.5. The maximum Gasteiger partial charge on any atom is 0.305 e. The minimum Gasteiger partial charge on any atom is -0.481 e. The van der Waals surface area contributed by atoms with Crippen LogP contribution in [0.2, 0.25) is 0 Å². The summed E-state index contributed by atoms with van der Waals surface area (Å²) in [7, 11) is 0. The van der Waals surface area contributed by atoms with E-state index in [2.05, 4.69) is 55.3 Å². The molecule has 31 heavy (non-hydrogen) atoms. The van der Waals surface area contributed by atoms with Crippen LogP contribution in [0.15, 0.2) is 30.6 Å². The maximum absolute atomic E-state index is 12.6. The Morgan fingerprint density at radius 2 is 1.87 bits per heavy atom. The molecular weight excluding hydrogens is 396 g/mol. The number of imidazole rings is 1. The van der Waals surface area contributed by atoms with Crippen molar-refractivity contribution in [1.82, 2.24) is 19.8 Å². The Labute approximate surface area is 182 Å². The van der Waals surface area contributed by atoms with Crippen LogP contribution in [0.5, 0.6) is 0 Å². The van der Waals surface area contributed by atoms with Crippen LogP contribution in [-0.2, 0) is 39.3 Å². The highest BCUT2D eigenvalue weighted by Crippen LogP contribution is 2.25.